The van der Waals surface area contributed by atoms with Crippen molar-refractivity contribution in [3.05, 3.63) is 101 Å². The summed E-state index contributed by atoms with van der Waals surface area (Å²) >= 11 is 0. The van der Waals surface area contributed by atoms with Crippen LogP contribution in [-0.4, -0.2) is 10.9 Å². The molecule has 0 fully saturated rings. The van der Waals surface area contributed by atoms with Crippen molar-refractivity contribution in [3.63, 3.8) is 0 Å². The third-order valence-electron chi connectivity index (χ3n) is 5.81. The van der Waals surface area contributed by atoms with Gasteiger partial charge in [-0.05, 0) is 47.7 Å². The molecule has 4 nitrogen and oxygen atoms in total. The second-order valence-corrected chi connectivity index (χ2v) is 7.67. The maximum Gasteiger partial charge on any atom is 0.163 e. The van der Waals surface area contributed by atoms with E-state index in [4.69, 9.17) is 0 Å². The summed E-state index contributed by atoms with van der Waals surface area (Å²) in [5.41, 5.74) is 5.86. The van der Waals surface area contributed by atoms with E-state index in [1.807, 2.05) is 54.6 Å². The van der Waals surface area contributed by atoms with Crippen molar-refractivity contribution in [2.45, 2.75) is 24.8 Å². The number of allylic oxidation sites excluding steroid dienone is 1. The molecule has 1 aliphatic carbocycles. The first-order valence-corrected chi connectivity index (χ1v) is 9.92. The molecule has 2 aliphatic rings. The molecule has 0 unspecified atom stereocenters. The third kappa shape index (κ3) is 3.27. The zero-order chi connectivity index (χ0) is 19.8. The van der Waals surface area contributed by atoms with Crippen LogP contribution in [-0.2, 0) is 4.79 Å². The number of fused-ring (bicyclic) bond motifs is 1. The normalized spacial score (nSPS) is 20.8. The van der Waals surface area contributed by atoms with Crippen LogP contribution in [0.3, 0.4) is 0 Å². The van der Waals surface area contributed by atoms with Gasteiger partial charge in [0.15, 0.2) is 5.78 Å². The van der Waals surface area contributed by atoms with Gasteiger partial charge in [-0.25, -0.2) is 0 Å². The highest BCUT2D eigenvalue weighted by Gasteiger charge is 2.35. The Labute approximate surface area is 169 Å². The summed E-state index contributed by atoms with van der Waals surface area (Å²) in [6.45, 7) is 0. The minimum absolute atomic E-state index is 0.158. The van der Waals surface area contributed by atoms with Crippen LogP contribution in [0.5, 0.6) is 5.75 Å². The molecule has 29 heavy (non-hydrogen) atoms. The van der Waals surface area contributed by atoms with Gasteiger partial charge in [-0.3, -0.25) is 4.79 Å². The van der Waals surface area contributed by atoms with Crippen LogP contribution < -0.4 is 10.6 Å². The SMILES string of the molecule is O=C1C[C@@H](c2ccccc2)CC2=C1[C@@H](c1ccc(O)cc1)Nc1ccccc1N2. The fourth-order valence-electron chi connectivity index (χ4n) is 4.37. The van der Waals surface area contributed by atoms with Crippen molar-refractivity contribution in [1.29, 1.82) is 0 Å². The molecule has 144 valence electrons. The Kier molecular flexibility index (Phi) is 4.32. The largest absolute Gasteiger partial charge is 0.508 e. The summed E-state index contributed by atoms with van der Waals surface area (Å²) in [6.07, 6.45) is 1.28. The molecular weight excluding hydrogens is 360 g/mol. The van der Waals surface area contributed by atoms with Crippen LogP contribution in [0.2, 0.25) is 0 Å². The molecule has 3 N–H and O–H groups in total. The minimum Gasteiger partial charge on any atom is -0.508 e. The molecule has 0 spiro atoms. The molecule has 2 atom stereocenters. The van der Waals surface area contributed by atoms with Crippen LogP contribution in [0.15, 0.2) is 90.1 Å². The lowest BCUT2D eigenvalue weighted by Crippen LogP contribution is -2.26. The van der Waals surface area contributed by atoms with Crippen molar-refractivity contribution in [2.75, 3.05) is 10.6 Å². The quantitative estimate of drug-likeness (QED) is 0.557. The first kappa shape index (κ1) is 17.6. The summed E-state index contributed by atoms with van der Waals surface area (Å²) in [5, 5.41) is 16.8. The van der Waals surface area contributed by atoms with Crippen molar-refractivity contribution >= 4 is 17.2 Å². The fourth-order valence-corrected chi connectivity index (χ4v) is 4.37. The molecule has 0 aromatic heterocycles. The summed E-state index contributed by atoms with van der Waals surface area (Å²) < 4.78 is 0. The maximum absolute atomic E-state index is 13.4. The number of hydrogen-bond acceptors (Lipinski definition) is 4. The number of para-hydroxylation sites is 2. The lowest BCUT2D eigenvalue weighted by atomic mass is 9.78. The number of ketones is 1. The van der Waals surface area contributed by atoms with Gasteiger partial charge in [-0.2, -0.15) is 0 Å². The molecule has 4 heteroatoms. The van der Waals surface area contributed by atoms with Gasteiger partial charge in [-0.1, -0.05) is 54.6 Å². The number of hydrogen-bond donors (Lipinski definition) is 3. The molecule has 0 saturated carbocycles. The van der Waals surface area contributed by atoms with E-state index in [9.17, 15) is 9.90 Å². The molecule has 1 heterocycles. The predicted octanol–water partition coefficient (Wildman–Crippen LogP) is 5.37. The van der Waals surface area contributed by atoms with Gasteiger partial charge in [0.1, 0.15) is 5.75 Å². The standard InChI is InChI=1S/C25H22N2O2/c28-19-12-10-17(11-13-19)25-24-22(26-20-8-4-5-9-21(20)27-25)14-18(15-23(24)29)16-6-2-1-3-7-16/h1-13,18,25-28H,14-15H2/t18-,25+/m0/s1. The van der Waals surface area contributed by atoms with E-state index in [2.05, 4.69) is 22.8 Å². The number of nitrogens with one attached hydrogen (secondary N) is 2. The summed E-state index contributed by atoms with van der Waals surface area (Å²) in [7, 11) is 0. The number of benzene rings is 3. The topological polar surface area (TPSA) is 61.4 Å². The summed E-state index contributed by atoms with van der Waals surface area (Å²) in [4.78, 5) is 13.4. The average molecular weight is 382 g/mol. The first-order chi connectivity index (χ1) is 14.2. The van der Waals surface area contributed by atoms with Gasteiger partial charge in [0, 0.05) is 17.7 Å². The first-order valence-electron chi connectivity index (χ1n) is 9.92. The summed E-state index contributed by atoms with van der Waals surface area (Å²) in [5.74, 6) is 0.542. The predicted molar refractivity (Wildman–Crippen MR) is 115 cm³/mol. The summed E-state index contributed by atoms with van der Waals surface area (Å²) in [6, 6.07) is 25.1. The Balaban J connectivity index is 1.61. The molecule has 1 aliphatic heterocycles. The Hall–Kier alpha value is -3.53. The van der Waals surface area contributed by atoms with Crippen LogP contribution in [0.25, 0.3) is 0 Å². The highest BCUT2D eigenvalue weighted by Crippen LogP contribution is 2.44. The maximum atomic E-state index is 13.4. The second kappa shape index (κ2) is 7.13. The third-order valence-corrected chi connectivity index (χ3v) is 5.81. The number of carbonyl (C=O) groups is 1. The van der Waals surface area contributed by atoms with Gasteiger partial charge in [0.2, 0.25) is 0 Å². The average Bonchev–Trinajstić information content (AvgIpc) is 2.92. The number of phenolic OH excluding ortho intramolecular Hbond substituents is 1. The van der Waals surface area contributed by atoms with Gasteiger partial charge in [0.25, 0.3) is 0 Å². The zero-order valence-electron chi connectivity index (χ0n) is 15.9. The highest BCUT2D eigenvalue weighted by atomic mass is 16.3. The Morgan fingerprint density at radius 2 is 1.45 bits per heavy atom. The van der Waals surface area contributed by atoms with E-state index in [1.54, 1.807) is 12.1 Å². The lowest BCUT2D eigenvalue weighted by molar-refractivity contribution is -0.116. The number of aromatic hydroxyl groups is 1. The number of anilines is 2. The van der Waals surface area contributed by atoms with Crippen LogP contribution in [0, 0.1) is 0 Å². The van der Waals surface area contributed by atoms with Crippen LogP contribution in [0.1, 0.15) is 35.9 Å². The van der Waals surface area contributed by atoms with Gasteiger partial charge >= 0.3 is 0 Å². The van der Waals surface area contributed by atoms with Crippen LogP contribution in [0.4, 0.5) is 11.4 Å². The number of phenols is 1. The van der Waals surface area contributed by atoms with Crippen molar-refractivity contribution in [3.8, 4) is 5.75 Å². The molecule has 0 saturated heterocycles. The molecule has 0 radical (unpaired) electrons. The Morgan fingerprint density at radius 3 is 2.21 bits per heavy atom. The van der Waals surface area contributed by atoms with E-state index in [-0.39, 0.29) is 23.5 Å². The Bertz CT molecular complexity index is 1090. The second-order valence-electron chi connectivity index (χ2n) is 7.67. The van der Waals surface area contributed by atoms with Crippen molar-refractivity contribution < 1.29 is 9.90 Å². The number of carbonyl (C=O) groups excluding carboxylic acids is 1. The fraction of sp³-hybridized carbons (Fsp3) is 0.160. The van der Waals surface area contributed by atoms with Gasteiger partial charge in [0.05, 0.1) is 17.4 Å². The molecule has 3 aromatic rings. The van der Waals surface area contributed by atoms with Crippen molar-refractivity contribution in [1.82, 2.24) is 0 Å². The van der Waals surface area contributed by atoms with E-state index in [0.717, 1.165) is 34.6 Å². The van der Waals surface area contributed by atoms with E-state index in [1.165, 1.54) is 5.56 Å². The van der Waals surface area contributed by atoms with E-state index < -0.39 is 0 Å². The molecular formula is C25H22N2O2. The molecule has 0 amide bonds. The van der Waals surface area contributed by atoms with Crippen molar-refractivity contribution in [2.24, 2.45) is 0 Å². The van der Waals surface area contributed by atoms with Crippen LogP contribution >= 0.6 is 0 Å². The lowest BCUT2D eigenvalue weighted by Gasteiger charge is -2.30. The monoisotopic (exact) mass is 382 g/mol. The van der Waals surface area contributed by atoms with E-state index >= 15 is 0 Å². The minimum atomic E-state index is -0.258. The Morgan fingerprint density at radius 1 is 0.759 bits per heavy atom. The van der Waals surface area contributed by atoms with Gasteiger partial charge in [-0.15, -0.1) is 0 Å². The highest BCUT2D eigenvalue weighted by molar-refractivity contribution is 6.01. The molecule has 3 aromatic carbocycles. The smallest absolute Gasteiger partial charge is 0.163 e. The zero-order valence-corrected chi connectivity index (χ0v) is 15.9. The molecule has 5 rings (SSSR count). The number of rotatable bonds is 2. The molecule has 0 bridgehead atoms. The van der Waals surface area contributed by atoms with Gasteiger partial charge < -0.3 is 15.7 Å². The van der Waals surface area contributed by atoms with E-state index in [0.29, 0.717) is 6.42 Å². The number of Topliss-reactive ketones (excluding diaryl/α,β-unsaturated/α-hetero) is 1.